The van der Waals surface area contributed by atoms with E-state index in [2.05, 4.69) is 0 Å². The number of benzene rings is 1. The summed E-state index contributed by atoms with van der Waals surface area (Å²) in [7, 11) is 0. The predicted molar refractivity (Wildman–Crippen MR) is 97.0 cm³/mol. The molecule has 0 aromatic heterocycles. The van der Waals surface area contributed by atoms with Crippen LogP contribution in [0.5, 0.6) is 0 Å². The zero-order valence-corrected chi connectivity index (χ0v) is 15.9. The second kappa shape index (κ2) is 8.85. The van der Waals surface area contributed by atoms with Crippen LogP contribution in [0.25, 0.3) is 0 Å². The second-order valence-electron chi connectivity index (χ2n) is 7.40. The van der Waals surface area contributed by atoms with Crippen LogP contribution < -0.4 is 0 Å². The molecule has 1 atom stereocenters. The van der Waals surface area contributed by atoms with E-state index < -0.39 is 29.7 Å². The van der Waals surface area contributed by atoms with E-state index in [4.69, 9.17) is 9.47 Å². The molecule has 1 amide bonds. The van der Waals surface area contributed by atoms with Crippen LogP contribution in [0.15, 0.2) is 30.3 Å². The number of esters is 1. The molecule has 0 aliphatic carbocycles. The van der Waals surface area contributed by atoms with Gasteiger partial charge in [0.05, 0.1) is 13.1 Å². The lowest BCUT2D eigenvalue weighted by atomic mass is 10.1. The number of aliphatic carboxylic acids is 1. The summed E-state index contributed by atoms with van der Waals surface area (Å²) < 4.78 is 10.5. The minimum Gasteiger partial charge on any atom is -0.480 e. The first-order chi connectivity index (χ1) is 12.7. The van der Waals surface area contributed by atoms with Crippen LogP contribution in [0.2, 0.25) is 0 Å². The number of hydrogen-bond donors (Lipinski definition) is 1. The number of ether oxygens (including phenoxy) is 2. The van der Waals surface area contributed by atoms with Gasteiger partial charge in [0.15, 0.2) is 0 Å². The highest BCUT2D eigenvalue weighted by Crippen LogP contribution is 2.15. The zero-order chi connectivity index (χ0) is 20.0. The topological polar surface area (TPSA) is 96.4 Å². The van der Waals surface area contributed by atoms with Gasteiger partial charge in [0, 0.05) is 13.1 Å². The van der Waals surface area contributed by atoms with Gasteiger partial charge in [0.2, 0.25) is 0 Å². The fourth-order valence-electron chi connectivity index (χ4n) is 2.69. The van der Waals surface area contributed by atoms with E-state index >= 15 is 0 Å². The molecular weight excluding hydrogens is 352 g/mol. The number of carbonyl (C=O) groups is 3. The Morgan fingerprint density at radius 3 is 2.41 bits per heavy atom. The molecular formula is C19H26N2O6. The van der Waals surface area contributed by atoms with E-state index in [1.165, 1.54) is 9.80 Å². The smallest absolute Gasteiger partial charge is 0.410 e. The molecule has 1 fully saturated rings. The first kappa shape index (κ1) is 20.7. The molecule has 148 valence electrons. The Bertz CT molecular complexity index is 671. The molecule has 1 N–H and O–H groups in total. The van der Waals surface area contributed by atoms with Gasteiger partial charge < -0.3 is 19.5 Å². The summed E-state index contributed by atoms with van der Waals surface area (Å²) in [5, 5.41) is 9.49. The van der Waals surface area contributed by atoms with Crippen molar-refractivity contribution in [1.29, 1.82) is 0 Å². The van der Waals surface area contributed by atoms with E-state index in [9.17, 15) is 19.5 Å². The minimum atomic E-state index is -1.10. The lowest BCUT2D eigenvalue weighted by molar-refractivity contribution is -0.152. The van der Waals surface area contributed by atoms with Gasteiger partial charge in [0.1, 0.15) is 18.2 Å². The number of carboxylic acid groups (broad SMARTS) is 1. The van der Waals surface area contributed by atoms with E-state index in [1.807, 2.05) is 30.3 Å². The van der Waals surface area contributed by atoms with Crippen LogP contribution in [0.4, 0.5) is 4.79 Å². The zero-order valence-electron chi connectivity index (χ0n) is 15.9. The molecule has 1 aromatic carbocycles. The van der Waals surface area contributed by atoms with Gasteiger partial charge >= 0.3 is 18.0 Å². The summed E-state index contributed by atoms with van der Waals surface area (Å²) in [6.07, 6.45) is -0.556. The maximum atomic E-state index is 12.2. The molecule has 1 aliphatic rings. The van der Waals surface area contributed by atoms with Gasteiger partial charge in [-0.2, -0.15) is 0 Å². The van der Waals surface area contributed by atoms with Crippen LogP contribution in [0.3, 0.4) is 0 Å². The second-order valence-corrected chi connectivity index (χ2v) is 7.40. The molecule has 0 saturated carbocycles. The van der Waals surface area contributed by atoms with Gasteiger partial charge in [0.25, 0.3) is 0 Å². The molecule has 27 heavy (non-hydrogen) atoms. The van der Waals surface area contributed by atoms with Crippen LogP contribution in [0.1, 0.15) is 26.3 Å². The lowest BCUT2D eigenvalue weighted by Crippen LogP contribution is -2.59. The van der Waals surface area contributed by atoms with Crippen molar-refractivity contribution in [2.75, 3.05) is 26.2 Å². The summed E-state index contributed by atoms with van der Waals surface area (Å²) in [5.74, 6) is -1.60. The Hall–Kier alpha value is -2.61. The van der Waals surface area contributed by atoms with Crippen molar-refractivity contribution in [3.8, 4) is 0 Å². The monoisotopic (exact) mass is 378 g/mol. The summed E-state index contributed by atoms with van der Waals surface area (Å²) in [5.41, 5.74) is 0.198. The van der Waals surface area contributed by atoms with Crippen molar-refractivity contribution in [1.82, 2.24) is 9.80 Å². The molecule has 8 nitrogen and oxygen atoms in total. The highest BCUT2D eigenvalue weighted by Gasteiger charge is 2.36. The van der Waals surface area contributed by atoms with Crippen LogP contribution in [-0.2, 0) is 25.7 Å². The highest BCUT2D eigenvalue weighted by molar-refractivity contribution is 5.78. The van der Waals surface area contributed by atoms with Gasteiger partial charge in [-0.1, -0.05) is 30.3 Å². The van der Waals surface area contributed by atoms with Crippen molar-refractivity contribution in [2.45, 2.75) is 39.0 Å². The molecule has 1 saturated heterocycles. The Morgan fingerprint density at radius 1 is 1.15 bits per heavy atom. The number of hydrogen-bond acceptors (Lipinski definition) is 6. The molecule has 1 aromatic rings. The van der Waals surface area contributed by atoms with E-state index in [0.717, 1.165) is 5.56 Å². The summed E-state index contributed by atoms with van der Waals surface area (Å²) in [6.45, 7) is 5.72. The Morgan fingerprint density at radius 2 is 1.81 bits per heavy atom. The number of rotatable bonds is 5. The fraction of sp³-hybridized carbons (Fsp3) is 0.526. The third-order valence-corrected chi connectivity index (χ3v) is 4.00. The standard InChI is InChI=1S/C19H26N2O6/c1-19(2,3)27-18(25)21-10-9-20(15(11-21)17(23)24)12-16(22)26-13-14-7-5-4-6-8-14/h4-8,15H,9-13H2,1-3H3,(H,23,24). The number of carboxylic acids is 1. The van der Waals surface area contributed by atoms with Crippen molar-refractivity contribution < 1.29 is 29.0 Å². The highest BCUT2D eigenvalue weighted by atomic mass is 16.6. The Balaban J connectivity index is 1.90. The fourth-order valence-corrected chi connectivity index (χ4v) is 2.69. The van der Waals surface area contributed by atoms with E-state index in [0.29, 0.717) is 0 Å². The van der Waals surface area contributed by atoms with Gasteiger partial charge in [-0.3, -0.25) is 14.5 Å². The largest absolute Gasteiger partial charge is 0.480 e. The lowest BCUT2D eigenvalue weighted by Gasteiger charge is -2.39. The summed E-state index contributed by atoms with van der Waals surface area (Å²) >= 11 is 0. The Labute approximate surface area is 158 Å². The minimum absolute atomic E-state index is 0.0454. The molecule has 2 rings (SSSR count). The molecule has 0 bridgehead atoms. The van der Waals surface area contributed by atoms with Gasteiger partial charge in [-0.15, -0.1) is 0 Å². The number of nitrogens with zero attached hydrogens (tertiary/aromatic N) is 2. The summed E-state index contributed by atoms with van der Waals surface area (Å²) in [6, 6.07) is 8.25. The third-order valence-electron chi connectivity index (χ3n) is 4.00. The van der Waals surface area contributed by atoms with E-state index in [-0.39, 0.29) is 32.8 Å². The first-order valence-electron chi connectivity index (χ1n) is 8.80. The molecule has 1 unspecified atom stereocenters. The van der Waals surface area contributed by atoms with Crippen molar-refractivity contribution in [3.63, 3.8) is 0 Å². The maximum absolute atomic E-state index is 12.2. The van der Waals surface area contributed by atoms with Crippen LogP contribution in [-0.4, -0.2) is 70.8 Å². The molecule has 1 heterocycles. The number of carbonyl (C=O) groups excluding carboxylic acids is 2. The average Bonchev–Trinajstić information content (AvgIpc) is 2.59. The molecule has 0 spiro atoms. The number of piperazine rings is 1. The Kier molecular flexibility index (Phi) is 6.79. The summed E-state index contributed by atoms with van der Waals surface area (Å²) in [4.78, 5) is 38.7. The van der Waals surface area contributed by atoms with Gasteiger partial charge in [-0.25, -0.2) is 4.79 Å². The molecule has 1 aliphatic heterocycles. The average molecular weight is 378 g/mol. The molecule has 0 radical (unpaired) electrons. The maximum Gasteiger partial charge on any atom is 0.410 e. The normalized spacial score (nSPS) is 18.0. The SMILES string of the molecule is CC(C)(C)OC(=O)N1CCN(CC(=O)OCc2ccccc2)C(C(=O)O)C1. The van der Waals surface area contributed by atoms with E-state index in [1.54, 1.807) is 20.8 Å². The quantitative estimate of drug-likeness (QED) is 0.780. The van der Waals surface area contributed by atoms with Gasteiger partial charge in [-0.05, 0) is 26.3 Å². The van der Waals surface area contributed by atoms with Crippen molar-refractivity contribution in [3.05, 3.63) is 35.9 Å². The third kappa shape index (κ3) is 6.56. The van der Waals surface area contributed by atoms with Crippen LogP contribution in [0, 0.1) is 0 Å². The predicted octanol–water partition coefficient (Wildman–Crippen LogP) is 1.74. The van der Waals surface area contributed by atoms with Crippen molar-refractivity contribution in [2.24, 2.45) is 0 Å². The van der Waals surface area contributed by atoms with Crippen molar-refractivity contribution >= 4 is 18.0 Å². The molecule has 8 heteroatoms. The first-order valence-corrected chi connectivity index (χ1v) is 8.80. The number of amides is 1. The van der Waals surface area contributed by atoms with Crippen LogP contribution >= 0.6 is 0 Å².